The van der Waals surface area contributed by atoms with Crippen LogP contribution in [0.2, 0.25) is 5.02 Å². The second-order valence-corrected chi connectivity index (χ2v) is 4.60. The van der Waals surface area contributed by atoms with Gasteiger partial charge < -0.3 is 9.32 Å². The summed E-state index contributed by atoms with van der Waals surface area (Å²) in [7, 11) is 1.93. The normalized spacial score (nSPS) is 10.4. The number of furan rings is 1. The molecule has 0 aliphatic rings. The fourth-order valence-corrected chi connectivity index (χ4v) is 2.13. The molecule has 94 valence electrons. The second-order valence-electron chi connectivity index (χ2n) is 4.20. The number of carbonyl (C=O) groups excluding carboxylic acids is 1. The van der Waals surface area contributed by atoms with Gasteiger partial charge in [0.25, 0.3) is 0 Å². The molecule has 0 N–H and O–H groups in total. The maximum absolute atomic E-state index is 10.6. The third-order valence-electron chi connectivity index (χ3n) is 2.71. The SMILES string of the molecule is Cc1ccc(CN(C)c2ccc(C=O)cc2Cl)o1. The van der Waals surface area contributed by atoms with Gasteiger partial charge in [-0.3, -0.25) is 4.79 Å². The van der Waals surface area contributed by atoms with Gasteiger partial charge in [0.1, 0.15) is 17.8 Å². The van der Waals surface area contributed by atoms with Crippen molar-refractivity contribution in [1.82, 2.24) is 0 Å². The molecule has 2 rings (SSSR count). The molecule has 0 aliphatic heterocycles. The van der Waals surface area contributed by atoms with Crippen molar-refractivity contribution >= 4 is 23.6 Å². The predicted octanol–water partition coefficient (Wildman–Crippen LogP) is 3.69. The zero-order valence-electron chi connectivity index (χ0n) is 10.3. The molecule has 2 aromatic rings. The minimum atomic E-state index is 0.561. The first-order chi connectivity index (χ1) is 8.60. The van der Waals surface area contributed by atoms with Crippen LogP contribution in [-0.2, 0) is 6.54 Å². The van der Waals surface area contributed by atoms with Crippen molar-refractivity contribution < 1.29 is 9.21 Å². The first-order valence-corrected chi connectivity index (χ1v) is 5.99. The predicted molar refractivity (Wildman–Crippen MR) is 72.4 cm³/mol. The van der Waals surface area contributed by atoms with Gasteiger partial charge >= 0.3 is 0 Å². The number of aryl methyl sites for hydroxylation is 1. The fraction of sp³-hybridized carbons (Fsp3) is 0.214. The van der Waals surface area contributed by atoms with Crippen molar-refractivity contribution in [3.63, 3.8) is 0 Å². The molecule has 0 spiro atoms. The molecule has 0 fully saturated rings. The summed E-state index contributed by atoms with van der Waals surface area (Å²) in [5, 5.41) is 0.561. The van der Waals surface area contributed by atoms with E-state index in [1.807, 2.05) is 37.1 Å². The van der Waals surface area contributed by atoms with Crippen LogP contribution in [0.5, 0.6) is 0 Å². The molecule has 0 radical (unpaired) electrons. The van der Waals surface area contributed by atoms with Gasteiger partial charge in [0.15, 0.2) is 0 Å². The van der Waals surface area contributed by atoms with Gasteiger partial charge in [0.05, 0.1) is 17.3 Å². The van der Waals surface area contributed by atoms with Gasteiger partial charge in [0, 0.05) is 12.6 Å². The molecule has 1 aromatic heterocycles. The molecule has 0 atom stereocenters. The fourth-order valence-electron chi connectivity index (χ4n) is 1.80. The lowest BCUT2D eigenvalue weighted by molar-refractivity contribution is 0.112. The minimum absolute atomic E-state index is 0.561. The maximum atomic E-state index is 10.6. The van der Waals surface area contributed by atoms with Crippen molar-refractivity contribution in [2.24, 2.45) is 0 Å². The molecule has 3 nitrogen and oxygen atoms in total. The van der Waals surface area contributed by atoms with E-state index in [0.29, 0.717) is 17.1 Å². The Morgan fingerprint density at radius 1 is 1.33 bits per heavy atom. The minimum Gasteiger partial charge on any atom is -0.464 e. The van der Waals surface area contributed by atoms with E-state index < -0.39 is 0 Å². The molecule has 0 saturated carbocycles. The number of halogens is 1. The monoisotopic (exact) mass is 263 g/mol. The summed E-state index contributed by atoms with van der Waals surface area (Å²) >= 11 is 6.14. The Kier molecular flexibility index (Phi) is 3.72. The van der Waals surface area contributed by atoms with Crippen LogP contribution < -0.4 is 4.90 Å². The van der Waals surface area contributed by atoms with E-state index in [9.17, 15) is 4.79 Å². The molecule has 0 saturated heterocycles. The smallest absolute Gasteiger partial charge is 0.150 e. The average molecular weight is 264 g/mol. The molecule has 1 aromatic carbocycles. The van der Waals surface area contributed by atoms with Crippen LogP contribution in [0.15, 0.2) is 34.7 Å². The highest BCUT2D eigenvalue weighted by Crippen LogP contribution is 2.27. The van der Waals surface area contributed by atoms with Gasteiger partial charge in [-0.15, -0.1) is 0 Å². The number of aldehydes is 1. The maximum Gasteiger partial charge on any atom is 0.150 e. The van der Waals surface area contributed by atoms with Crippen molar-refractivity contribution in [2.45, 2.75) is 13.5 Å². The van der Waals surface area contributed by atoms with Crippen molar-refractivity contribution in [3.8, 4) is 0 Å². The van der Waals surface area contributed by atoms with Crippen LogP contribution in [0.4, 0.5) is 5.69 Å². The third-order valence-corrected chi connectivity index (χ3v) is 3.01. The standard InChI is InChI=1S/C14H14ClNO2/c1-10-3-5-12(18-10)8-16(2)14-6-4-11(9-17)7-13(14)15/h3-7,9H,8H2,1-2H3. The Morgan fingerprint density at radius 2 is 2.11 bits per heavy atom. The number of hydrogen-bond donors (Lipinski definition) is 0. The van der Waals surface area contributed by atoms with Crippen LogP contribution in [0, 0.1) is 6.92 Å². The number of rotatable bonds is 4. The summed E-state index contributed by atoms with van der Waals surface area (Å²) in [6.45, 7) is 2.54. The second kappa shape index (κ2) is 5.27. The average Bonchev–Trinajstić information content (AvgIpc) is 2.74. The number of hydrogen-bond acceptors (Lipinski definition) is 3. The highest BCUT2D eigenvalue weighted by molar-refractivity contribution is 6.33. The summed E-state index contributed by atoms with van der Waals surface area (Å²) in [4.78, 5) is 12.6. The molecule has 4 heteroatoms. The van der Waals surface area contributed by atoms with Crippen LogP contribution in [0.1, 0.15) is 21.9 Å². The zero-order valence-corrected chi connectivity index (χ0v) is 11.1. The van der Waals surface area contributed by atoms with Crippen LogP contribution in [-0.4, -0.2) is 13.3 Å². The zero-order chi connectivity index (χ0) is 13.1. The third kappa shape index (κ3) is 2.74. The Bertz CT molecular complexity index is 563. The molecule has 0 bridgehead atoms. The Morgan fingerprint density at radius 3 is 2.67 bits per heavy atom. The van der Waals surface area contributed by atoms with Gasteiger partial charge in [-0.2, -0.15) is 0 Å². The molecule has 0 aliphatic carbocycles. The van der Waals surface area contributed by atoms with Crippen molar-refractivity contribution in [2.75, 3.05) is 11.9 Å². The number of benzene rings is 1. The summed E-state index contributed by atoms with van der Waals surface area (Å²) in [6, 6.07) is 9.12. The first-order valence-electron chi connectivity index (χ1n) is 5.61. The Balaban J connectivity index is 2.18. The molecular formula is C14H14ClNO2. The summed E-state index contributed by atoms with van der Waals surface area (Å²) in [6.07, 6.45) is 0.783. The van der Waals surface area contributed by atoms with Gasteiger partial charge in [-0.1, -0.05) is 11.6 Å². The number of anilines is 1. The van der Waals surface area contributed by atoms with E-state index in [1.54, 1.807) is 12.1 Å². The quantitative estimate of drug-likeness (QED) is 0.789. The largest absolute Gasteiger partial charge is 0.464 e. The number of nitrogens with zero attached hydrogens (tertiary/aromatic N) is 1. The van der Waals surface area contributed by atoms with E-state index in [1.165, 1.54) is 0 Å². The lowest BCUT2D eigenvalue weighted by atomic mass is 10.2. The van der Waals surface area contributed by atoms with Gasteiger partial charge in [-0.05, 0) is 37.3 Å². The lowest BCUT2D eigenvalue weighted by Gasteiger charge is -2.19. The lowest BCUT2D eigenvalue weighted by Crippen LogP contribution is -2.16. The molecule has 0 unspecified atom stereocenters. The van der Waals surface area contributed by atoms with Gasteiger partial charge in [-0.25, -0.2) is 0 Å². The summed E-state index contributed by atoms with van der Waals surface area (Å²) < 4.78 is 5.52. The van der Waals surface area contributed by atoms with E-state index in [-0.39, 0.29) is 0 Å². The first kappa shape index (κ1) is 12.7. The van der Waals surface area contributed by atoms with Crippen molar-refractivity contribution in [1.29, 1.82) is 0 Å². The Hall–Kier alpha value is -1.74. The molecular weight excluding hydrogens is 250 g/mol. The number of carbonyl (C=O) groups is 1. The van der Waals surface area contributed by atoms with E-state index >= 15 is 0 Å². The van der Waals surface area contributed by atoms with Crippen LogP contribution in [0.3, 0.4) is 0 Å². The Labute approximate surface area is 111 Å². The molecule has 1 heterocycles. The van der Waals surface area contributed by atoms with Crippen molar-refractivity contribution in [3.05, 3.63) is 52.4 Å². The topological polar surface area (TPSA) is 33.5 Å². The van der Waals surface area contributed by atoms with E-state index in [4.69, 9.17) is 16.0 Å². The highest BCUT2D eigenvalue weighted by Gasteiger charge is 2.09. The van der Waals surface area contributed by atoms with Crippen LogP contribution in [0.25, 0.3) is 0 Å². The molecule has 0 amide bonds. The van der Waals surface area contributed by atoms with E-state index in [0.717, 1.165) is 23.5 Å². The molecule has 18 heavy (non-hydrogen) atoms. The van der Waals surface area contributed by atoms with Crippen LogP contribution >= 0.6 is 11.6 Å². The highest BCUT2D eigenvalue weighted by atomic mass is 35.5. The summed E-state index contributed by atoms with van der Waals surface area (Å²) in [5.74, 6) is 1.77. The van der Waals surface area contributed by atoms with E-state index in [2.05, 4.69) is 0 Å². The van der Waals surface area contributed by atoms with Gasteiger partial charge in [0.2, 0.25) is 0 Å². The summed E-state index contributed by atoms with van der Waals surface area (Å²) in [5.41, 5.74) is 1.45.